The molecule has 0 saturated heterocycles. The van der Waals surface area contributed by atoms with E-state index in [9.17, 15) is 9.59 Å². The number of hydrogen-bond donors (Lipinski definition) is 0. The fourth-order valence-electron chi connectivity index (χ4n) is 2.93. The number of fused-ring (bicyclic) bond motifs is 1. The van der Waals surface area contributed by atoms with Crippen molar-refractivity contribution in [1.29, 1.82) is 0 Å². The zero-order chi connectivity index (χ0) is 16.4. The van der Waals surface area contributed by atoms with E-state index in [4.69, 9.17) is 4.74 Å². The molecular weight excluding hydrogens is 292 g/mol. The number of carbonyl (C=O) groups excluding carboxylic acids is 1. The van der Waals surface area contributed by atoms with Gasteiger partial charge in [0.25, 0.3) is 5.56 Å². The lowest BCUT2D eigenvalue weighted by Gasteiger charge is -2.24. The topological polar surface area (TPSA) is 51.5 Å². The van der Waals surface area contributed by atoms with Crippen molar-refractivity contribution in [2.24, 2.45) is 0 Å². The molecular formula is C18H20N2O3. The van der Waals surface area contributed by atoms with Gasteiger partial charge in [-0.3, -0.25) is 9.36 Å². The van der Waals surface area contributed by atoms with Crippen LogP contribution in [0.5, 0.6) is 5.75 Å². The van der Waals surface area contributed by atoms with Gasteiger partial charge < -0.3 is 9.64 Å². The minimum atomic E-state index is -0.463. The van der Waals surface area contributed by atoms with Crippen LogP contribution in [0, 0.1) is 0 Å². The molecule has 0 aliphatic heterocycles. The SMILES string of the molecule is CN(C)C(=O)Oc1cc(=O)n(-c2ccccc2)c2c1CCCC2. The quantitative estimate of drug-likeness (QED) is 0.857. The van der Waals surface area contributed by atoms with Gasteiger partial charge in [0.2, 0.25) is 0 Å². The first-order valence-corrected chi connectivity index (χ1v) is 7.80. The largest absolute Gasteiger partial charge is 0.414 e. The molecule has 1 aliphatic rings. The molecule has 1 aromatic carbocycles. The van der Waals surface area contributed by atoms with Crippen molar-refractivity contribution >= 4 is 6.09 Å². The summed E-state index contributed by atoms with van der Waals surface area (Å²) in [6, 6.07) is 11.0. The van der Waals surface area contributed by atoms with E-state index in [1.54, 1.807) is 18.7 Å². The van der Waals surface area contributed by atoms with Gasteiger partial charge in [-0.25, -0.2) is 4.79 Å². The summed E-state index contributed by atoms with van der Waals surface area (Å²) in [4.78, 5) is 25.8. The Morgan fingerprint density at radius 3 is 2.52 bits per heavy atom. The van der Waals surface area contributed by atoms with E-state index in [2.05, 4.69) is 0 Å². The van der Waals surface area contributed by atoms with Crippen LogP contribution in [0.2, 0.25) is 0 Å². The van der Waals surface area contributed by atoms with Gasteiger partial charge in [0, 0.05) is 37.1 Å². The maximum Gasteiger partial charge on any atom is 0.414 e. The van der Waals surface area contributed by atoms with Crippen molar-refractivity contribution in [3.8, 4) is 11.4 Å². The Hall–Kier alpha value is -2.56. The second-order valence-electron chi connectivity index (χ2n) is 5.91. The number of aromatic nitrogens is 1. The Kier molecular flexibility index (Phi) is 4.19. The first-order valence-electron chi connectivity index (χ1n) is 7.80. The molecule has 0 fully saturated rings. The number of carbonyl (C=O) groups is 1. The number of ether oxygens (including phenoxy) is 1. The summed E-state index contributed by atoms with van der Waals surface area (Å²) in [6.07, 6.45) is 3.23. The predicted octanol–water partition coefficient (Wildman–Crippen LogP) is 2.78. The molecule has 0 saturated carbocycles. The highest BCUT2D eigenvalue weighted by atomic mass is 16.6. The lowest BCUT2D eigenvalue weighted by molar-refractivity contribution is 0.171. The molecule has 0 radical (unpaired) electrons. The third kappa shape index (κ3) is 2.99. The third-order valence-electron chi connectivity index (χ3n) is 4.06. The zero-order valence-electron chi connectivity index (χ0n) is 13.4. The maximum absolute atomic E-state index is 12.6. The van der Waals surface area contributed by atoms with Crippen molar-refractivity contribution < 1.29 is 9.53 Å². The van der Waals surface area contributed by atoms with E-state index in [-0.39, 0.29) is 5.56 Å². The van der Waals surface area contributed by atoms with Gasteiger partial charge in [0.15, 0.2) is 0 Å². The molecule has 3 rings (SSSR count). The van der Waals surface area contributed by atoms with Gasteiger partial charge in [0.1, 0.15) is 5.75 Å². The minimum absolute atomic E-state index is 0.168. The molecule has 120 valence electrons. The third-order valence-corrected chi connectivity index (χ3v) is 4.06. The normalized spacial score (nSPS) is 13.3. The van der Waals surface area contributed by atoms with E-state index in [0.717, 1.165) is 42.6 Å². The van der Waals surface area contributed by atoms with Crippen LogP contribution < -0.4 is 10.3 Å². The minimum Gasteiger partial charge on any atom is -0.410 e. The van der Waals surface area contributed by atoms with Gasteiger partial charge in [-0.05, 0) is 37.8 Å². The molecule has 0 unspecified atom stereocenters. The molecule has 23 heavy (non-hydrogen) atoms. The molecule has 5 nitrogen and oxygen atoms in total. The maximum atomic E-state index is 12.6. The summed E-state index contributed by atoms with van der Waals surface area (Å²) < 4.78 is 7.16. The first-order chi connectivity index (χ1) is 11.1. The molecule has 2 aromatic rings. The predicted molar refractivity (Wildman–Crippen MR) is 88.4 cm³/mol. The van der Waals surface area contributed by atoms with Crippen LogP contribution in [-0.2, 0) is 12.8 Å². The summed E-state index contributed by atoms with van der Waals surface area (Å²) in [5, 5.41) is 0. The Bertz CT molecular complexity index is 779. The summed E-state index contributed by atoms with van der Waals surface area (Å²) >= 11 is 0. The zero-order valence-corrected chi connectivity index (χ0v) is 13.4. The summed E-state index contributed by atoms with van der Waals surface area (Å²) in [7, 11) is 3.25. The number of pyridine rings is 1. The van der Waals surface area contributed by atoms with E-state index >= 15 is 0 Å². The van der Waals surface area contributed by atoms with Crippen molar-refractivity contribution in [3.63, 3.8) is 0 Å². The van der Waals surface area contributed by atoms with Crippen LogP contribution in [0.3, 0.4) is 0 Å². The molecule has 1 aliphatic carbocycles. The molecule has 5 heteroatoms. The summed E-state index contributed by atoms with van der Waals surface area (Å²) in [6.45, 7) is 0. The molecule has 0 N–H and O–H groups in total. The Morgan fingerprint density at radius 2 is 1.83 bits per heavy atom. The van der Waals surface area contributed by atoms with Gasteiger partial charge in [-0.2, -0.15) is 0 Å². The number of para-hydroxylation sites is 1. The van der Waals surface area contributed by atoms with Crippen molar-refractivity contribution in [2.45, 2.75) is 25.7 Å². The molecule has 0 spiro atoms. The van der Waals surface area contributed by atoms with Crippen molar-refractivity contribution in [2.75, 3.05) is 14.1 Å². The number of benzene rings is 1. The second kappa shape index (κ2) is 6.28. The highest BCUT2D eigenvalue weighted by Gasteiger charge is 2.22. The Labute approximate surface area is 135 Å². The molecule has 1 heterocycles. The van der Waals surface area contributed by atoms with E-state index < -0.39 is 6.09 Å². The lowest BCUT2D eigenvalue weighted by Crippen LogP contribution is -2.29. The molecule has 1 aromatic heterocycles. The standard InChI is InChI=1S/C18H20N2O3/c1-19(2)18(22)23-16-12-17(21)20(13-8-4-3-5-9-13)15-11-7-6-10-14(15)16/h3-5,8-9,12H,6-7,10-11H2,1-2H3. The number of amides is 1. The second-order valence-corrected chi connectivity index (χ2v) is 5.91. The van der Waals surface area contributed by atoms with Crippen LogP contribution in [0.4, 0.5) is 4.79 Å². The van der Waals surface area contributed by atoms with Crippen LogP contribution in [0.15, 0.2) is 41.2 Å². The average Bonchev–Trinajstić information content (AvgIpc) is 2.55. The number of hydrogen-bond acceptors (Lipinski definition) is 3. The van der Waals surface area contributed by atoms with Crippen LogP contribution in [-0.4, -0.2) is 29.7 Å². The number of rotatable bonds is 2. The van der Waals surface area contributed by atoms with E-state index in [1.165, 1.54) is 11.0 Å². The van der Waals surface area contributed by atoms with Crippen LogP contribution in [0.1, 0.15) is 24.1 Å². The monoisotopic (exact) mass is 312 g/mol. The van der Waals surface area contributed by atoms with E-state index in [1.807, 2.05) is 30.3 Å². The molecule has 0 bridgehead atoms. The molecule has 1 amide bonds. The lowest BCUT2D eigenvalue weighted by atomic mass is 9.94. The Morgan fingerprint density at radius 1 is 1.13 bits per heavy atom. The van der Waals surface area contributed by atoms with Crippen molar-refractivity contribution in [1.82, 2.24) is 9.47 Å². The first kappa shape index (κ1) is 15.3. The summed E-state index contributed by atoms with van der Waals surface area (Å²) in [5.41, 5.74) is 2.60. The fourth-order valence-corrected chi connectivity index (χ4v) is 2.93. The smallest absolute Gasteiger partial charge is 0.410 e. The fraction of sp³-hybridized carbons (Fsp3) is 0.333. The van der Waals surface area contributed by atoms with Gasteiger partial charge >= 0.3 is 6.09 Å². The van der Waals surface area contributed by atoms with Crippen LogP contribution in [0.25, 0.3) is 5.69 Å². The average molecular weight is 312 g/mol. The van der Waals surface area contributed by atoms with Crippen LogP contribution >= 0.6 is 0 Å². The van der Waals surface area contributed by atoms with Crippen molar-refractivity contribution in [3.05, 3.63) is 58.0 Å². The summed E-state index contributed by atoms with van der Waals surface area (Å²) in [5.74, 6) is 0.399. The van der Waals surface area contributed by atoms with Gasteiger partial charge in [-0.15, -0.1) is 0 Å². The Balaban J connectivity index is 2.14. The molecule has 0 atom stereocenters. The highest BCUT2D eigenvalue weighted by molar-refractivity contribution is 5.70. The number of nitrogens with zero attached hydrogens (tertiary/aromatic N) is 2. The highest BCUT2D eigenvalue weighted by Crippen LogP contribution is 2.30. The van der Waals surface area contributed by atoms with Gasteiger partial charge in [0.05, 0.1) is 0 Å². The van der Waals surface area contributed by atoms with Gasteiger partial charge in [-0.1, -0.05) is 18.2 Å². The van der Waals surface area contributed by atoms with E-state index in [0.29, 0.717) is 5.75 Å².